The van der Waals surface area contributed by atoms with Crippen LogP contribution < -0.4 is 19.9 Å². The van der Waals surface area contributed by atoms with Crippen LogP contribution in [0.1, 0.15) is 145 Å². The first-order chi connectivity index (χ1) is 44.1. The lowest BCUT2D eigenvalue weighted by molar-refractivity contribution is -0.121. The first-order valence-corrected chi connectivity index (χ1v) is 35.3. The highest BCUT2D eigenvalue weighted by molar-refractivity contribution is 8.13. The summed E-state index contributed by atoms with van der Waals surface area (Å²) in [7, 11) is -2.54. The fourth-order valence-electron chi connectivity index (χ4n) is 10.3. The molecule has 0 bridgehead atoms. The summed E-state index contributed by atoms with van der Waals surface area (Å²) in [5.41, 5.74) is 16.7. The van der Waals surface area contributed by atoms with Gasteiger partial charge in [-0.1, -0.05) is 178 Å². The van der Waals surface area contributed by atoms with Gasteiger partial charge in [-0.15, -0.1) is 0 Å². The molecule has 490 valence electrons. The van der Waals surface area contributed by atoms with Crippen molar-refractivity contribution in [3.63, 3.8) is 0 Å². The summed E-state index contributed by atoms with van der Waals surface area (Å²) in [6.45, 7) is 19.8. The van der Waals surface area contributed by atoms with Crippen LogP contribution in [-0.2, 0) is 42.9 Å². The van der Waals surface area contributed by atoms with E-state index in [1.807, 2.05) is 66.7 Å². The third kappa shape index (κ3) is 28.3. The van der Waals surface area contributed by atoms with Crippen LogP contribution in [0.3, 0.4) is 0 Å². The average Bonchev–Trinajstić information content (AvgIpc) is 1.32. The SMILES string of the molecule is C1CCOC1.CC1=CCC(COCCC[C@H](c2ccccc2)[C@H](N)c2ccccc2)=CC1.CC1=CCC(COCCC[C@H](c2ccccc2)[C@H](NS(=O)(=O)c2ccc(OC=O)cc2)c2ccccc2)=CC1.CCN(CC)CC.O=COc1ccc(S(=O)(=O)Cl)cc1. The zero-order chi connectivity index (χ0) is 65.5. The van der Waals surface area contributed by atoms with Crippen molar-refractivity contribution in [2.75, 3.05) is 59.3 Å². The molecule has 0 radical (unpaired) electrons. The van der Waals surface area contributed by atoms with Gasteiger partial charge in [0.1, 0.15) is 11.5 Å². The summed E-state index contributed by atoms with van der Waals surface area (Å²) >= 11 is 0. The largest absolute Gasteiger partial charge is 0.429 e. The van der Waals surface area contributed by atoms with Crippen LogP contribution in [0.4, 0.5) is 0 Å². The van der Waals surface area contributed by atoms with Crippen molar-refractivity contribution in [3.8, 4) is 11.5 Å². The number of allylic oxidation sites excluding steroid dienone is 6. The average molecular weight is 1300 g/mol. The predicted molar refractivity (Wildman–Crippen MR) is 366 cm³/mol. The monoisotopic (exact) mass is 1300 g/mol. The van der Waals surface area contributed by atoms with Crippen molar-refractivity contribution in [2.24, 2.45) is 5.73 Å². The van der Waals surface area contributed by atoms with Crippen LogP contribution >= 0.6 is 10.7 Å². The summed E-state index contributed by atoms with van der Waals surface area (Å²) in [6.07, 6.45) is 19.3. The van der Waals surface area contributed by atoms with E-state index in [1.165, 1.54) is 114 Å². The maximum atomic E-state index is 13.5. The van der Waals surface area contributed by atoms with Gasteiger partial charge in [0.15, 0.2) is 0 Å². The quantitative estimate of drug-likeness (QED) is 0.0195. The minimum Gasteiger partial charge on any atom is -0.429 e. The van der Waals surface area contributed by atoms with E-state index < -0.39 is 25.1 Å². The molecular formula is C74H94ClN3O11S2. The summed E-state index contributed by atoms with van der Waals surface area (Å²) in [5, 5.41) is 0. The lowest BCUT2D eigenvalue weighted by atomic mass is 9.84. The lowest BCUT2D eigenvalue weighted by Crippen LogP contribution is -2.33. The summed E-state index contributed by atoms with van der Waals surface area (Å²) in [5.74, 6) is 0.723. The Hall–Kier alpha value is -6.83. The number of hydrogen-bond donors (Lipinski definition) is 2. The van der Waals surface area contributed by atoms with Crippen molar-refractivity contribution >= 4 is 42.7 Å². The minimum atomic E-state index is -3.88. The molecule has 1 aliphatic heterocycles. The van der Waals surface area contributed by atoms with E-state index in [0.717, 1.165) is 88.9 Å². The molecule has 1 heterocycles. The zero-order valence-corrected chi connectivity index (χ0v) is 56.0. The van der Waals surface area contributed by atoms with Crippen molar-refractivity contribution < 1.29 is 50.1 Å². The molecule has 14 nitrogen and oxygen atoms in total. The van der Waals surface area contributed by atoms with Gasteiger partial charge in [0.2, 0.25) is 10.0 Å². The van der Waals surface area contributed by atoms with E-state index in [0.29, 0.717) is 25.6 Å². The Balaban J connectivity index is 0.000000247. The molecule has 17 heteroatoms. The number of nitrogens with one attached hydrogen (secondary N) is 1. The fourth-order valence-corrected chi connectivity index (χ4v) is 12.4. The number of nitrogens with zero attached hydrogens (tertiary/aromatic N) is 1. The maximum absolute atomic E-state index is 13.5. The zero-order valence-electron chi connectivity index (χ0n) is 53.6. The summed E-state index contributed by atoms with van der Waals surface area (Å²) in [6, 6.07) is 51.2. The van der Waals surface area contributed by atoms with Gasteiger partial charge >= 0.3 is 0 Å². The molecule has 1 saturated heterocycles. The maximum Gasteiger partial charge on any atom is 0.298 e. The second kappa shape index (κ2) is 42.3. The van der Waals surface area contributed by atoms with Crippen LogP contribution in [0.15, 0.2) is 226 Å². The standard InChI is InChI=1S/C32H35NO5S.C25H31NO.C7H5ClO4S.C6H15N.C4H8O/c1-25-14-16-26(17-15-25)23-37-22-8-13-31(27-9-4-2-5-10-27)32(28-11-6-3-7-12-28)33-39(35,36)30-20-18-29(19-21-30)38-24-34;1-20-14-16-21(17-15-20)19-27-18-8-13-24(22-9-4-2-5-10-22)25(26)23-11-6-3-7-12-23;8-13(10,11)7-3-1-6(2-4-7)12-5-9;1-4-7(5-2)6-3;1-2-4-5-3-1/h2-7,9-12,14,17-21,24,31-33H,8,13,15-16,22-23H2,1H3;2-7,9-12,14,17,24-25H,8,13,15-16,18-19,26H2,1H3;1-5H;4-6H2,1-3H3;1-4H2/t31-,32-;24-,25-;;;/m11.../s1. The molecule has 3 N–H and O–H groups in total. The van der Waals surface area contributed by atoms with E-state index in [2.05, 4.69) is 128 Å². The van der Waals surface area contributed by atoms with E-state index >= 15 is 0 Å². The Bertz CT molecular complexity index is 3350. The second-order valence-electron chi connectivity index (χ2n) is 22.3. The smallest absolute Gasteiger partial charge is 0.298 e. The van der Waals surface area contributed by atoms with Gasteiger partial charge in [0, 0.05) is 55.0 Å². The molecule has 2 aliphatic carbocycles. The number of ether oxygens (including phenoxy) is 5. The number of carbonyl (C=O) groups excluding carboxylic acids is 2. The lowest BCUT2D eigenvalue weighted by Gasteiger charge is -2.29. The highest BCUT2D eigenvalue weighted by Gasteiger charge is 2.30. The van der Waals surface area contributed by atoms with Gasteiger partial charge in [0.25, 0.3) is 22.0 Å². The molecule has 91 heavy (non-hydrogen) atoms. The Kier molecular flexibility index (Phi) is 34.8. The number of carbonyl (C=O) groups is 2. The molecule has 0 spiro atoms. The highest BCUT2D eigenvalue weighted by Crippen LogP contribution is 2.37. The van der Waals surface area contributed by atoms with Crippen LogP contribution in [0.5, 0.6) is 11.5 Å². The number of sulfonamides is 1. The Morgan fingerprint density at radius 3 is 1.29 bits per heavy atom. The topological polar surface area (TPSA) is 190 Å². The summed E-state index contributed by atoms with van der Waals surface area (Å²) < 4.78 is 77.7. The van der Waals surface area contributed by atoms with Crippen LogP contribution in [0.2, 0.25) is 0 Å². The molecule has 0 amide bonds. The van der Waals surface area contributed by atoms with Gasteiger partial charge in [-0.3, -0.25) is 9.59 Å². The van der Waals surface area contributed by atoms with Gasteiger partial charge < -0.3 is 34.3 Å². The van der Waals surface area contributed by atoms with Crippen molar-refractivity contribution in [1.29, 1.82) is 0 Å². The Morgan fingerprint density at radius 2 is 0.923 bits per heavy atom. The molecular weight excluding hydrogens is 1210 g/mol. The van der Waals surface area contributed by atoms with Gasteiger partial charge in [-0.25, -0.2) is 21.6 Å². The van der Waals surface area contributed by atoms with E-state index in [4.69, 9.17) is 35.4 Å². The third-order valence-electron chi connectivity index (χ3n) is 15.7. The molecule has 0 saturated carbocycles. The van der Waals surface area contributed by atoms with Crippen molar-refractivity contribution in [2.45, 2.75) is 133 Å². The van der Waals surface area contributed by atoms with E-state index in [1.54, 1.807) is 0 Å². The minimum absolute atomic E-state index is 0.00256. The molecule has 9 rings (SSSR count). The first kappa shape index (κ1) is 74.9. The number of rotatable bonds is 29. The van der Waals surface area contributed by atoms with Crippen LogP contribution in [0.25, 0.3) is 0 Å². The molecule has 4 atom stereocenters. The number of hydrogen-bond acceptors (Lipinski definition) is 13. The molecule has 0 unspecified atom stereocenters. The second-order valence-corrected chi connectivity index (χ2v) is 26.5. The molecule has 6 aromatic carbocycles. The molecule has 1 fully saturated rings. The predicted octanol–water partition coefficient (Wildman–Crippen LogP) is 15.7. The number of halogens is 1. The third-order valence-corrected chi connectivity index (χ3v) is 18.6. The normalized spacial score (nSPS) is 15.0. The fraction of sp³-hybridized carbons (Fsp3) is 0.378. The number of benzene rings is 6. The van der Waals surface area contributed by atoms with Crippen LogP contribution in [-0.4, -0.2) is 94.0 Å². The van der Waals surface area contributed by atoms with Crippen LogP contribution in [0, 0.1) is 0 Å². The van der Waals surface area contributed by atoms with Crippen molar-refractivity contribution in [3.05, 3.63) is 239 Å². The molecule has 6 aromatic rings. The Morgan fingerprint density at radius 1 is 0.527 bits per heavy atom. The van der Waals surface area contributed by atoms with E-state index in [9.17, 15) is 26.4 Å². The summed E-state index contributed by atoms with van der Waals surface area (Å²) in [4.78, 5) is 22.9. The molecule has 0 aromatic heterocycles. The van der Waals surface area contributed by atoms with Gasteiger partial charge in [-0.2, -0.15) is 0 Å². The highest BCUT2D eigenvalue weighted by atomic mass is 35.7. The molecule has 3 aliphatic rings. The number of nitrogens with two attached hydrogens (primary N) is 1. The van der Waals surface area contributed by atoms with Gasteiger partial charge in [-0.05, 0) is 180 Å². The van der Waals surface area contributed by atoms with E-state index in [-0.39, 0.29) is 39.7 Å². The Labute approximate surface area is 547 Å². The first-order valence-electron chi connectivity index (χ1n) is 31.5. The van der Waals surface area contributed by atoms with Crippen molar-refractivity contribution in [1.82, 2.24) is 9.62 Å². The van der Waals surface area contributed by atoms with Gasteiger partial charge in [0.05, 0.1) is 29.0 Å².